The molecule has 3 aromatic rings. The Balaban J connectivity index is 1.81. The minimum Gasteiger partial charge on any atom is -0.482 e. The summed E-state index contributed by atoms with van der Waals surface area (Å²) in [7, 11) is 0. The normalized spacial score (nSPS) is 10.6. The molecule has 0 bridgehead atoms. The molecule has 0 radical (unpaired) electrons. The highest BCUT2D eigenvalue weighted by atomic mass is 35.5. The maximum Gasteiger partial charge on any atom is 0.336 e. The number of nitrogens with zero attached hydrogens (tertiary/aromatic N) is 1. The van der Waals surface area contributed by atoms with Crippen molar-refractivity contribution in [2.24, 2.45) is 0 Å². The van der Waals surface area contributed by atoms with Crippen LogP contribution in [-0.2, 0) is 14.3 Å². The van der Waals surface area contributed by atoms with Crippen molar-refractivity contribution in [2.75, 3.05) is 24.7 Å². The zero-order valence-corrected chi connectivity index (χ0v) is 17.3. The maximum atomic E-state index is 12.8. The quantitative estimate of drug-likeness (QED) is 0.420. The minimum atomic E-state index is -0.532. The molecule has 0 aliphatic carbocycles. The third-order valence-corrected chi connectivity index (χ3v) is 4.61. The van der Waals surface area contributed by atoms with Crippen LogP contribution in [-0.4, -0.2) is 31.6 Å². The molecular weight excluding hydrogens is 410 g/mol. The fraction of sp³-hybridized carbons (Fsp3) is 0.227. The van der Waals surface area contributed by atoms with Crippen molar-refractivity contribution < 1.29 is 23.5 Å². The number of rotatable bonds is 7. The number of fused-ring (bicyclic) bond motifs is 1. The second-order valence-electron chi connectivity index (χ2n) is 6.44. The molecule has 1 amide bonds. The van der Waals surface area contributed by atoms with Crippen molar-refractivity contribution in [1.29, 1.82) is 0 Å². The van der Waals surface area contributed by atoms with Crippen LogP contribution in [0.2, 0.25) is 5.02 Å². The van der Waals surface area contributed by atoms with E-state index in [0.29, 0.717) is 16.7 Å². The van der Waals surface area contributed by atoms with E-state index in [-0.39, 0.29) is 30.5 Å². The van der Waals surface area contributed by atoms with Crippen LogP contribution in [0.1, 0.15) is 12.5 Å². The number of esters is 1. The molecule has 0 aliphatic rings. The van der Waals surface area contributed by atoms with Crippen LogP contribution >= 0.6 is 11.6 Å². The summed E-state index contributed by atoms with van der Waals surface area (Å²) in [5.41, 5.74) is 1.06. The van der Waals surface area contributed by atoms with Crippen LogP contribution in [0.5, 0.6) is 5.75 Å². The summed E-state index contributed by atoms with van der Waals surface area (Å²) >= 11 is 6.28. The van der Waals surface area contributed by atoms with E-state index in [2.05, 4.69) is 0 Å². The van der Waals surface area contributed by atoms with Gasteiger partial charge in [-0.05, 0) is 37.6 Å². The lowest BCUT2D eigenvalue weighted by molar-refractivity contribution is -0.142. The number of benzene rings is 2. The molecule has 0 spiro atoms. The Kier molecular flexibility index (Phi) is 6.74. The van der Waals surface area contributed by atoms with Crippen molar-refractivity contribution in [3.05, 3.63) is 69.5 Å². The van der Waals surface area contributed by atoms with Gasteiger partial charge in [0.05, 0.1) is 11.6 Å². The Morgan fingerprint density at radius 3 is 2.57 bits per heavy atom. The summed E-state index contributed by atoms with van der Waals surface area (Å²) in [4.78, 5) is 37.7. The van der Waals surface area contributed by atoms with Gasteiger partial charge in [-0.25, -0.2) is 4.79 Å². The summed E-state index contributed by atoms with van der Waals surface area (Å²) in [5.74, 6) is -0.804. The standard InChI is InChI=1S/C22H20ClNO6/c1-3-28-22(27)12-24(15-7-5-4-6-8-15)20(25)13-29-19-11-18-16(10-17(19)23)14(2)9-21(26)30-18/h4-11H,3,12-13H2,1-2H3. The number of aryl methyl sites for hydroxylation is 1. The molecule has 0 N–H and O–H groups in total. The molecule has 0 unspecified atom stereocenters. The molecule has 2 aromatic carbocycles. The number of hydrogen-bond acceptors (Lipinski definition) is 6. The monoisotopic (exact) mass is 429 g/mol. The van der Waals surface area contributed by atoms with E-state index >= 15 is 0 Å². The Morgan fingerprint density at radius 1 is 1.13 bits per heavy atom. The van der Waals surface area contributed by atoms with E-state index in [9.17, 15) is 14.4 Å². The number of ether oxygens (including phenoxy) is 2. The van der Waals surface area contributed by atoms with Gasteiger partial charge in [-0.3, -0.25) is 14.5 Å². The number of carbonyl (C=O) groups is 2. The van der Waals surface area contributed by atoms with Crippen molar-refractivity contribution in [2.45, 2.75) is 13.8 Å². The van der Waals surface area contributed by atoms with E-state index < -0.39 is 17.5 Å². The zero-order valence-electron chi connectivity index (χ0n) is 16.5. The molecule has 1 heterocycles. The molecule has 0 atom stereocenters. The van der Waals surface area contributed by atoms with Gasteiger partial charge in [0.15, 0.2) is 6.61 Å². The van der Waals surface area contributed by atoms with E-state index in [1.807, 2.05) is 0 Å². The molecule has 0 saturated carbocycles. The molecule has 8 heteroatoms. The molecule has 156 valence electrons. The van der Waals surface area contributed by atoms with Crippen LogP contribution in [0.15, 0.2) is 57.7 Å². The smallest absolute Gasteiger partial charge is 0.336 e. The number of hydrogen-bond donors (Lipinski definition) is 0. The number of anilines is 1. The summed E-state index contributed by atoms with van der Waals surface area (Å²) < 4.78 is 15.7. The molecule has 3 rings (SSSR count). The average Bonchev–Trinajstić information content (AvgIpc) is 2.72. The van der Waals surface area contributed by atoms with Gasteiger partial charge in [-0.1, -0.05) is 29.8 Å². The van der Waals surface area contributed by atoms with E-state index in [1.165, 1.54) is 17.0 Å². The van der Waals surface area contributed by atoms with E-state index in [1.54, 1.807) is 50.2 Å². The molecule has 0 saturated heterocycles. The summed E-state index contributed by atoms with van der Waals surface area (Å²) in [5, 5.41) is 0.940. The Labute approximate surface area is 177 Å². The topological polar surface area (TPSA) is 86.1 Å². The first-order valence-electron chi connectivity index (χ1n) is 9.27. The number of halogens is 1. The van der Waals surface area contributed by atoms with Gasteiger partial charge < -0.3 is 13.9 Å². The third kappa shape index (κ3) is 4.99. The van der Waals surface area contributed by atoms with Gasteiger partial charge >= 0.3 is 11.6 Å². The van der Waals surface area contributed by atoms with Crippen LogP contribution in [0.3, 0.4) is 0 Å². The highest BCUT2D eigenvalue weighted by Crippen LogP contribution is 2.31. The molecule has 1 aromatic heterocycles. The largest absolute Gasteiger partial charge is 0.482 e. The van der Waals surface area contributed by atoms with Gasteiger partial charge in [-0.2, -0.15) is 0 Å². The Hall–Kier alpha value is -3.32. The van der Waals surface area contributed by atoms with Crippen molar-refractivity contribution in [1.82, 2.24) is 0 Å². The zero-order chi connectivity index (χ0) is 21.7. The van der Waals surface area contributed by atoms with Gasteiger partial charge in [0.2, 0.25) is 0 Å². The second-order valence-corrected chi connectivity index (χ2v) is 6.84. The number of carbonyl (C=O) groups excluding carboxylic acids is 2. The van der Waals surface area contributed by atoms with E-state index in [4.69, 9.17) is 25.5 Å². The first-order valence-corrected chi connectivity index (χ1v) is 9.64. The maximum absolute atomic E-state index is 12.8. The number of amides is 1. The molecule has 7 nitrogen and oxygen atoms in total. The minimum absolute atomic E-state index is 0.190. The van der Waals surface area contributed by atoms with Crippen molar-refractivity contribution in [3.63, 3.8) is 0 Å². The lowest BCUT2D eigenvalue weighted by Gasteiger charge is -2.22. The second kappa shape index (κ2) is 9.45. The fourth-order valence-corrected chi connectivity index (χ4v) is 3.13. The first-order chi connectivity index (χ1) is 14.4. The summed E-state index contributed by atoms with van der Waals surface area (Å²) in [6.45, 7) is 3.04. The predicted molar refractivity (Wildman–Crippen MR) is 113 cm³/mol. The van der Waals surface area contributed by atoms with Gasteiger partial charge in [0.25, 0.3) is 5.91 Å². The summed E-state index contributed by atoms with van der Waals surface area (Å²) in [6, 6.07) is 13.2. The molecule has 0 fully saturated rings. The third-order valence-electron chi connectivity index (χ3n) is 4.32. The Morgan fingerprint density at radius 2 is 1.87 bits per heavy atom. The summed E-state index contributed by atoms with van der Waals surface area (Å²) in [6.07, 6.45) is 0. The van der Waals surface area contributed by atoms with Crippen molar-refractivity contribution in [3.8, 4) is 5.75 Å². The van der Waals surface area contributed by atoms with Crippen LogP contribution in [0.25, 0.3) is 11.0 Å². The van der Waals surface area contributed by atoms with Gasteiger partial charge in [0.1, 0.15) is 17.9 Å². The Bertz CT molecular complexity index is 1130. The highest BCUT2D eigenvalue weighted by molar-refractivity contribution is 6.32. The lowest BCUT2D eigenvalue weighted by atomic mass is 10.1. The number of para-hydroxylation sites is 1. The lowest BCUT2D eigenvalue weighted by Crippen LogP contribution is -2.39. The van der Waals surface area contributed by atoms with E-state index in [0.717, 1.165) is 5.56 Å². The fourth-order valence-electron chi connectivity index (χ4n) is 2.91. The van der Waals surface area contributed by atoms with Crippen LogP contribution in [0.4, 0.5) is 5.69 Å². The molecular formula is C22H20ClNO6. The van der Waals surface area contributed by atoms with Crippen LogP contribution < -0.4 is 15.3 Å². The molecule has 30 heavy (non-hydrogen) atoms. The van der Waals surface area contributed by atoms with Crippen molar-refractivity contribution >= 4 is 40.1 Å². The van der Waals surface area contributed by atoms with Gasteiger partial charge in [0, 0.05) is 23.2 Å². The molecule has 0 aliphatic heterocycles. The highest BCUT2D eigenvalue weighted by Gasteiger charge is 2.21. The SMILES string of the molecule is CCOC(=O)CN(C(=O)COc1cc2oc(=O)cc(C)c2cc1Cl)c1ccccc1. The average molecular weight is 430 g/mol. The predicted octanol–water partition coefficient (Wildman–Crippen LogP) is 3.73. The van der Waals surface area contributed by atoms with Crippen LogP contribution in [0, 0.1) is 6.92 Å². The van der Waals surface area contributed by atoms with Gasteiger partial charge in [-0.15, -0.1) is 0 Å². The first kappa shape index (κ1) is 21.4.